The first kappa shape index (κ1) is 19.4. The van der Waals surface area contributed by atoms with Crippen LogP contribution in [0.3, 0.4) is 0 Å². The van der Waals surface area contributed by atoms with Crippen LogP contribution in [0, 0.1) is 5.82 Å². The van der Waals surface area contributed by atoms with Gasteiger partial charge >= 0.3 is 5.97 Å². The van der Waals surface area contributed by atoms with E-state index in [-0.39, 0.29) is 17.6 Å². The summed E-state index contributed by atoms with van der Waals surface area (Å²) in [5.41, 5.74) is 0.0928. The van der Waals surface area contributed by atoms with Gasteiger partial charge in [0.2, 0.25) is 5.43 Å². The number of halogens is 1. The van der Waals surface area contributed by atoms with Crippen molar-refractivity contribution in [1.82, 2.24) is 9.88 Å². The minimum Gasteiger partial charge on any atom is -0.462 e. The van der Waals surface area contributed by atoms with Gasteiger partial charge in [-0.25, -0.2) is 9.18 Å². The molecule has 3 rings (SSSR count). The van der Waals surface area contributed by atoms with E-state index in [4.69, 9.17) is 4.74 Å². The second-order valence-corrected chi connectivity index (χ2v) is 7.69. The first-order chi connectivity index (χ1) is 12.7. The standard InChI is InChI=1S/C20H26FN3O3/c1-5-27-19(26)14-12-24(20(2,3)4)16-11-17(23-8-6-22-7-9-23)15(21)10-13(16)18(14)25/h10-12,22H,5-9H2,1-4H3. The highest BCUT2D eigenvalue weighted by atomic mass is 19.1. The molecule has 1 aliphatic heterocycles. The smallest absolute Gasteiger partial charge is 0.343 e. The predicted octanol–water partition coefficient (Wildman–Crippen LogP) is 2.48. The molecule has 6 nitrogen and oxygen atoms in total. The number of pyridine rings is 1. The Labute approximate surface area is 157 Å². The number of piperazine rings is 1. The molecule has 0 atom stereocenters. The number of esters is 1. The maximum absolute atomic E-state index is 14.9. The lowest BCUT2D eigenvalue weighted by Gasteiger charge is -2.31. The van der Waals surface area contributed by atoms with Crippen molar-refractivity contribution in [2.24, 2.45) is 0 Å². The molecule has 1 aliphatic rings. The molecule has 1 aromatic carbocycles. The topological polar surface area (TPSA) is 63.6 Å². The van der Waals surface area contributed by atoms with Gasteiger partial charge in [-0.15, -0.1) is 0 Å². The van der Waals surface area contributed by atoms with Crippen LogP contribution in [0.4, 0.5) is 10.1 Å². The van der Waals surface area contributed by atoms with Crippen molar-refractivity contribution in [2.75, 3.05) is 37.7 Å². The lowest BCUT2D eigenvalue weighted by atomic mass is 10.0. The average Bonchev–Trinajstić information content (AvgIpc) is 2.62. The van der Waals surface area contributed by atoms with Crippen LogP contribution in [0.1, 0.15) is 38.1 Å². The number of hydrogen-bond donors (Lipinski definition) is 1. The molecular formula is C20H26FN3O3. The number of carbonyl (C=O) groups excluding carboxylic acids is 1. The van der Waals surface area contributed by atoms with E-state index in [1.54, 1.807) is 13.0 Å². The highest BCUT2D eigenvalue weighted by Crippen LogP contribution is 2.28. The van der Waals surface area contributed by atoms with Gasteiger partial charge in [-0.3, -0.25) is 4.79 Å². The summed E-state index contributed by atoms with van der Waals surface area (Å²) >= 11 is 0. The van der Waals surface area contributed by atoms with Crippen molar-refractivity contribution in [2.45, 2.75) is 33.2 Å². The fourth-order valence-corrected chi connectivity index (χ4v) is 3.39. The number of benzene rings is 1. The van der Waals surface area contributed by atoms with Gasteiger partial charge in [0.25, 0.3) is 0 Å². The van der Waals surface area contributed by atoms with Gasteiger partial charge in [-0.1, -0.05) is 0 Å². The normalized spacial score (nSPS) is 15.2. The summed E-state index contributed by atoms with van der Waals surface area (Å²) in [5, 5.41) is 3.43. The van der Waals surface area contributed by atoms with Crippen LogP contribution >= 0.6 is 0 Å². The number of nitrogens with zero attached hydrogens (tertiary/aromatic N) is 2. The minimum absolute atomic E-state index is 0.0754. The Morgan fingerprint density at radius 1 is 1.26 bits per heavy atom. The van der Waals surface area contributed by atoms with Crippen LogP contribution in [0.5, 0.6) is 0 Å². The fourth-order valence-electron chi connectivity index (χ4n) is 3.39. The van der Waals surface area contributed by atoms with Crippen LogP contribution < -0.4 is 15.6 Å². The Morgan fingerprint density at radius 2 is 1.93 bits per heavy atom. The Morgan fingerprint density at radius 3 is 2.52 bits per heavy atom. The average molecular weight is 375 g/mol. The van der Waals surface area contributed by atoms with Crippen molar-refractivity contribution >= 4 is 22.6 Å². The highest BCUT2D eigenvalue weighted by Gasteiger charge is 2.24. The molecular weight excluding hydrogens is 349 g/mol. The number of anilines is 1. The maximum Gasteiger partial charge on any atom is 0.343 e. The monoisotopic (exact) mass is 375 g/mol. The minimum atomic E-state index is -0.686. The van der Waals surface area contributed by atoms with E-state index in [1.807, 2.05) is 30.2 Å². The van der Waals surface area contributed by atoms with E-state index in [2.05, 4.69) is 5.32 Å². The van der Waals surface area contributed by atoms with Gasteiger partial charge in [0.05, 0.1) is 17.8 Å². The number of fused-ring (bicyclic) bond motifs is 1. The first-order valence-electron chi connectivity index (χ1n) is 9.26. The summed E-state index contributed by atoms with van der Waals surface area (Å²) in [5.74, 6) is -1.14. The van der Waals surface area contributed by atoms with Gasteiger partial charge in [0.1, 0.15) is 11.4 Å². The fraction of sp³-hybridized carbons (Fsp3) is 0.500. The molecule has 2 aromatic rings. The lowest BCUT2D eigenvalue weighted by molar-refractivity contribution is 0.0524. The van der Waals surface area contributed by atoms with Gasteiger partial charge in [-0.2, -0.15) is 0 Å². The zero-order valence-electron chi connectivity index (χ0n) is 16.3. The third-order valence-corrected chi connectivity index (χ3v) is 4.75. The number of rotatable bonds is 3. The van der Waals surface area contributed by atoms with Gasteiger partial charge in [-0.05, 0) is 39.8 Å². The molecule has 1 aromatic heterocycles. The van der Waals surface area contributed by atoms with Gasteiger partial charge < -0.3 is 19.5 Å². The number of hydrogen-bond acceptors (Lipinski definition) is 5. The molecule has 0 saturated carbocycles. The molecule has 0 unspecified atom stereocenters. The van der Waals surface area contributed by atoms with E-state index in [9.17, 15) is 14.0 Å². The molecule has 0 amide bonds. The molecule has 27 heavy (non-hydrogen) atoms. The summed E-state index contributed by atoms with van der Waals surface area (Å²) in [6, 6.07) is 2.97. The van der Waals surface area contributed by atoms with Crippen molar-refractivity contribution in [3.63, 3.8) is 0 Å². The number of aromatic nitrogens is 1. The Kier molecular flexibility index (Phi) is 5.24. The number of carbonyl (C=O) groups is 1. The van der Waals surface area contributed by atoms with Crippen LogP contribution in [0.25, 0.3) is 10.9 Å². The molecule has 0 bridgehead atoms. The molecule has 1 N–H and O–H groups in total. The first-order valence-corrected chi connectivity index (χ1v) is 9.26. The van der Waals surface area contributed by atoms with Gasteiger partial charge in [0, 0.05) is 43.3 Å². The van der Waals surface area contributed by atoms with Gasteiger partial charge in [0.15, 0.2) is 0 Å². The molecule has 0 radical (unpaired) electrons. The van der Waals surface area contributed by atoms with Crippen LogP contribution in [-0.2, 0) is 10.3 Å². The lowest BCUT2D eigenvalue weighted by Crippen LogP contribution is -2.44. The Bertz CT molecular complexity index is 925. The summed E-state index contributed by atoms with van der Waals surface area (Å²) in [6.45, 7) is 10.7. The molecule has 1 saturated heterocycles. The zero-order valence-corrected chi connectivity index (χ0v) is 16.3. The van der Waals surface area contributed by atoms with E-state index in [0.717, 1.165) is 13.1 Å². The summed E-state index contributed by atoms with van der Waals surface area (Å²) in [6.07, 6.45) is 1.53. The molecule has 1 fully saturated rings. The van der Waals surface area contributed by atoms with Crippen molar-refractivity contribution in [3.8, 4) is 0 Å². The summed E-state index contributed by atoms with van der Waals surface area (Å²) in [7, 11) is 0. The third kappa shape index (κ3) is 3.69. The zero-order chi connectivity index (χ0) is 19.8. The summed E-state index contributed by atoms with van der Waals surface area (Å²) in [4.78, 5) is 27.1. The second kappa shape index (κ2) is 7.31. The largest absolute Gasteiger partial charge is 0.462 e. The molecule has 0 aliphatic carbocycles. The second-order valence-electron chi connectivity index (χ2n) is 7.69. The third-order valence-electron chi connectivity index (χ3n) is 4.75. The van der Waals surface area contributed by atoms with E-state index in [0.29, 0.717) is 24.3 Å². The maximum atomic E-state index is 14.9. The summed E-state index contributed by atoms with van der Waals surface area (Å²) < 4.78 is 21.7. The molecule has 2 heterocycles. The number of ether oxygens (including phenoxy) is 1. The Hall–Kier alpha value is -2.41. The van der Waals surface area contributed by atoms with Crippen LogP contribution in [0.15, 0.2) is 23.1 Å². The van der Waals surface area contributed by atoms with E-state index >= 15 is 0 Å². The van der Waals surface area contributed by atoms with Crippen LogP contribution in [0.2, 0.25) is 0 Å². The van der Waals surface area contributed by atoms with E-state index in [1.165, 1.54) is 12.3 Å². The number of nitrogens with one attached hydrogen (secondary N) is 1. The van der Waals surface area contributed by atoms with Crippen molar-refractivity contribution in [3.05, 3.63) is 39.9 Å². The Balaban J connectivity index is 2.27. The van der Waals surface area contributed by atoms with E-state index < -0.39 is 22.8 Å². The van der Waals surface area contributed by atoms with Crippen molar-refractivity contribution in [1.29, 1.82) is 0 Å². The molecule has 146 valence electrons. The SMILES string of the molecule is CCOC(=O)c1cn(C(C)(C)C)c2cc(N3CCNCC3)c(F)cc2c1=O. The van der Waals surface area contributed by atoms with Crippen LogP contribution in [-0.4, -0.2) is 43.3 Å². The highest BCUT2D eigenvalue weighted by molar-refractivity contribution is 5.94. The quantitative estimate of drug-likeness (QED) is 0.835. The predicted molar refractivity (Wildman–Crippen MR) is 104 cm³/mol. The van der Waals surface area contributed by atoms with Crippen molar-refractivity contribution < 1.29 is 13.9 Å². The molecule has 7 heteroatoms. The molecule has 0 spiro atoms.